The molecular formula is C23H33IN4O. The Morgan fingerprint density at radius 2 is 1.83 bits per heavy atom. The van der Waals surface area contributed by atoms with Crippen molar-refractivity contribution in [3.8, 4) is 0 Å². The van der Waals surface area contributed by atoms with Crippen LogP contribution in [0.15, 0.2) is 59.6 Å². The number of halogens is 1. The molecule has 2 N–H and O–H groups in total. The predicted octanol–water partition coefficient (Wildman–Crippen LogP) is 3.43. The van der Waals surface area contributed by atoms with Crippen LogP contribution in [-0.4, -0.2) is 50.3 Å². The highest BCUT2D eigenvalue weighted by molar-refractivity contribution is 14.0. The highest BCUT2D eigenvalue weighted by Crippen LogP contribution is 2.12. The molecular weight excluding hydrogens is 475 g/mol. The number of hydrogen-bond acceptors (Lipinski definition) is 3. The molecule has 0 aromatic heterocycles. The Kier molecular flexibility index (Phi) is 10.5. The van der Waals surface area contributed by atoms with Gasteiger partial charge in [-0.2, -0.15) is 0 Å². The Balaban J connectivity index is 0.00000300. The molecule has 1 aliphatic heterocycles. The van der Waals surface area contributed by atoms with Crippen LogP contribution in [0.25, 0.3) is 0 Å². The Morgan fingerprint density at radius 1 is 1.07 bits per heavy atom. The molecule has 2 aromatic carbocycles. The number of morpholine rings is 1. The van der Waals surface area contributed by atoms with Crippen LogP contribution in [0.2, 0.25) is 0 Å². The fourth-order valence-corrected chi connectivity index (χ4v) is 3.51. The van der Waals surface area contributed by atoms with Gasteiger partial charge in [-0.3, -0.25) is 9.89 Å². The molecule has 1 heterocycles. The normalized spacial score (nSPS) is 17.4. The smallest absolute Gasteiger partial charge is 0.191 e. The van der Waals surface area contributed by atoms with E-state index in [-0.39, 0.29) is 24.0 Å². The first kappa shape index (κ1) is 23.6. The second kappa shape index (κ2) is 12.8. The summed E-state index contributed by atoms with van der Waals surface area (Å²) in [6, 6.07) is 19.3. The predicted molar refractivity (Wildman–Crippen MR) is 131 cm³/mol. The number of guanidine groups is 1. The van der Waals surface area contributed by atoms with E-state index in [9.17, 15) is 0 Å². The number of nitrogens with zero attached hydrogens (tertiary/aromatic N) is 2. The number of rotatable bonds is 7. The molecule has 29 heavy (non-hydrogen) atoms. The van der Waals surface area contributed by atoms with Crippen LogP contribution >= 0.6 is 24.0 Å². The Bertz CT molecular complexity index is 754. The van der Waals surface area contributed by atoms with Crippen molar-refractivity contribution in [2.45, 2.75) is 32.5 Å². The van der Waals surface area contributed by atoms with Crippen molar-refractivity contribution in [2.24, 2.45) is 4.99 Å². The maximum atomic E-state index is 5.64. The first-order valence-corrected chi connectivity index (χ1v) is 10.1. The van der Waals surface area contributed by atoms with Crippen molar-refractivity contribution >= 4 is 29.9 Å². The number of aliphatic imine (C=N–C) groups is 1. The summed E-state index contributed by atoms with van der Waals surface area (Å²) in [5.74, 6) is 0.836. The quantitative estimate of drug-likeness (QED) is 0.342. The maximum Gasteiger partial charge on any atom is 0.191 e. The van der Waals surface area contributed by atoms with E-state index >= 15 is 0 Å². The van der Waals surface area contributed by atoms with Gasteiger partial charge in [-0.1, -0.05) is 54.6 Å². The van der Waals surface area contributed by atoms with E-state index in [0.717, 1.165) is 51.7 Å². The van der Waals surface area contributed by atoms with Crippen LogP contribution in [0.5, 0.6) is 0 Å². The fraction of sp³-hybridized carbons (Fsp3) is 0.435. The Hall–Kier alpha value is -1.64. The lowest BCUT2D eigenvalue weighted by Gasteiger charge is -2.31. The van der Waals surface area contributed by atoms with Gasteiger partial charge < -0.3 is 15.4 Å². The van der Waals surface area contributed by atoms with Crippen LogP contribution in [0, 0.1) is 0 Å². The van der Waals surface area contributed by atoms with Crippen molar-refractivity contribution in [3.05, 3.63) is 71.3 Å². The van der Waals surface area contributed by atoms with E-state index in [4.69, 9.17) is 4.74 Å². The lowest BCUT2D eigenvalue weighted by molar-refractivity contribution is -0.0212. The SMILES string of the molecule is CN=C(NCCc1ccccc1)NCc1cccc(CN2CCOC(C)C2)c1.I. The largest absolute Gasteiger partial charge is 0.376 e. The molecule has 1 unspecified atom stereocenters. The summed E-state index contributed by atoms with van der Waals surface area (Å²) in [6.07, 6.45) is 1.30. The van der Waals surface area contributed by atoms with Gasteiger partial charge in [-0.05, 0) is 30.0 Å². The third kappa shape index (κ3) is 8.32. The first-order chi connectivity index (χ1) is 13.7. The van der Waals surface area contributed by atoms with E-state index in [2.05, 4.69) is 76.0 Å². The van der Waals surface area contributed by atoms with Gasteiger partial charge in [-0.15, -0.1) is 24.0 Å². The minimum absolute atomic E-state index is 0. The van der Waals surface area contributed by atoms with Crippen molar-refractivity contribution in [3.63, 3.8) is 0 Å². The molecule has 0 spiro atoms. The van der Waals surface area contributed by atoms with Gasteiger partial charge >= 0.3 is 0 Å². The van der Waals surface area contributed by atoms with Crippen LogP contribution in [0.3, 0.4) is 0 Å². The van der Waals surface area contributed by atoms with Crippen molar-refractivity contribution in [2.75, 3.05) is 33.3 Å². The summed E-state index contributed by atoms with van der Waals surface area (Å²) in [4.78, 5) is 6.79. The molecule has 2 aromatic rings. The molecule has 0 bridgehead atoms. The molecule has 0 saturated carbocycles. The first-order valence-electron chi connectivity index (χ1n) is 10.1. The van der Waals surface area contributed by atoms with Gasteiger partial charge in [0.1, 0.15) is 0 Å². The van der Waals surface area contributed by atoms with Crippen molar-refractivity contribution in [1.82, 2.24) is 15.5 Å². The molecule has 5 nitrogen and oxygen atoms in total. The standard InChI is InChI=1S/C23H32N4O.HI/c1-19-17-27(13-14-28-19)18-22-10-6-9-21(15-22)16-26-23(24-2)25-12-11-20-7-4-3-5-8-20;/h3-10,15,19H,11-14,16-18H2,1-2H3,(H2,24,25,26);1H. The topological polar surface area (TPSA) is 48.9 Å². The molecule has 3 rings (SSSR count). The third-order valence-corrected chi connectivity index (χ3v) is 4.96. The second-order valence-corrected chi connectivity index (χ2v) is 7.32. The highest BCUT2D eigenvalue weighted by Gasteiger charge is 2.16. The lowest BCUT2D eigenvalue weighted by atomic mass is 10.1. The van der Waals surface area contributed by atoms with E-state index in [1.54, 1.807) is 0 Å². The number of nitrogens with one attached hydrogen (secondary N) is 2. The highest BCUT2D eigenvalue weighted by atomic mass is 127. The van der Waals surface area contributed by atoms with Crippen LogP contribution in [-0.2, 0) is 24.2 Å². The fourth-order valence-electron chi connectivity index (χ4n) is 3.51. The van der Waals surface area contributed by atoms with E-state index < -0.39 is 0 Å². The molecule has 1 fully saturated rings. The minimum Gasteiger partial charge on any atom is -0.376 e. The molecule has 0 aliphatic carbocycles. The zero-order valence-corrected chi connectivity index (χ0v) is 19.8. The Labute approximate surface area is 192 Å². The van der Waals surface area contributed by atoms with Crippen LogP contribution in [0.4, 0.5) is 0 Å². The van der Waals surface area contributed by atoms with Crippen molar-refractivity contribution in [1.29, 1.82) is 0 Å². The molecule has 1 saturated heterocycles. The van der Waals surface area contributed by atoms with E-state index in [1.165, 1.54) is 16.7 Å². The number of ether oxygens (including phenoxy) is 1. The van der Waals surface area contributed by atoms with Gasteiger partial charge in [0, 0.05) is 39.8 Å². The molecule has 0 amide bonds. The number of benzene rings is 2. The average molecular weight is 508 g/mol. The molecule has 0 radical (unpaired) electrons. The van der Waals surface area contributed by atoms with Gasteiger partial charge in [0.05, 0.1) is 12.7 Å². The monoisotopic (exact) mass is 508 g/mol. The zero-order chi connectivity index (χ0) is 19.6. The summed E-state index contributed by atoms with van der Waals surface area (Å²) in [5.41, 5.74) is 3.95. The van der Waals surface area contributed by atoms with Gasteiger partial charge in [0.15, 0.2) is 5.96 Å². The molecule has 1 atom stereocenters. The lowest BCUT2D eigenvalue weighted by Crippen LogP contribution is -2.40. The van der Waals surface area contributed by atoms with Crippen molar-refractivity contribution < 1.29 is 4.74 Å². The maximum absolute atomic E-state index is 5.64. The summed E-state index contributed by atoms with van der Waals surface area (Å²) in [7, 11) is 1.81. The van der Waals surface area contributed by atoms with Gasteiger partial charge in [0.25, 0.3) is 0 Å². The molecule has 158 valence electrons. The average Bonchev–Trinajstić information content (AvgIpc) is 2.71. The van der Waals surface area contributed by atoms with Gasteiger partial charge in [0.2, 0.25) is 0 Å². The van der Waals surface area contributed by atoms with E-state index in [0.29, 0.717) is 6.10 Å². The summed E-state index contributed by atoms with van der Waals surface area (Å²) < 4.78 is 5.64. The third-order valence-electron chi connectivity index (χ3n) is 4.96. The summed E-state index contributed by atoms with van der Waals surface area (Å²) >= 11 is 0. The summed E-state index contributed by atoms with van der Waals surface area (Å²) in [6.45, 7) is 7.57. The minimum atomic E-state index is 0. The van der Waals surface area contributed by atoms with Crippen LogP contribution in [0.1, 0.15) is 23.6 Å². The van der Waals surface area contributed by atoms with E-state index in [1.807, 2.05) is 13.1 Å². The molecule has 6 heteroatoms. The summed E-state index contributed by atoms with van der Waals surface area (Å²) in [5, 5.41) is 6.81. The molecule has 1 aliphatic rings. The van der Waals surface area contributed by atoms with Gasteiger partial charge in [-0.25, -0.2) is 0 Å². The second-order valence-electron chi connectivity index (χ2n) is 7.32. The Morgan fingerprint density at radius 3 is 2.59 bits per heavy atom. The number of hydrogen-bond donors (Lipinski definition) is 2. The zero-order valence-electron chi connectivity index (χ0n) is 17.4. The van der Waals surface area contributed by atoms with Crippen LogP contribution < -0.4 is 10.6 Å².